The van der Waals surface area contributed by atoms with Crippen molar-refractivity contribution in [3.05, 3.63) is 73.6 Å². The number of methoxy groups -OCH3 is 1. The molecule has 0 unspecified atom stereocenters. The van der Waals surface area contributed by atoms with Crippen molar-refractivity contribution < 1.29 is 13.9 Å². The minimum Gasteiger partial charge on any atom is -0.493 e. The lowest BCUT2D eigenvalue weighted by Crippen LogP contribution is -2.11. The van der Waals surface area contributed by atoms with Crippen LogP contribution in [0.1, 0.15) is 28.8 Å². The van der Waals surface area contributed by atoms with E-state index in [2.05, 4.69) is 4.98 Å². The Kier molecular flexibility index (Phi) is 5.61. The van der Waals surface area contributed by atoms with Crippen molar-refractivity contribution in [1.82, 2.24) is 9.97 Å². The zero-order chi connectivity index (χ0) is 22.2. The molecule has 8 heteroatoms. The van der Waals surface area contributed by atoms with Gasteiger partial charge in [0.2, 0.25) is 0 Å². The molecule has 0 saturated heterocycles. The fraction of sp³-hybridized carbons (Fsp3) is 0.250. The normalized spacial score (nSPS) is 13.2. The first-order chi connectivity index (χ1) is 15.5. The number of aromatic amines is 1. The molecule has 5 nitrogen and oxygen atoms in total. The summed E-state index contributed by atoms with van der Waals surface area (Å²) < 4.78 is 25.2. The second-order valence-electron chi connectivity index (χ2n) is 7.68. The van der Waals surface area contributed by atoms with Crippen LogP contribution in [0.3, 0.4) is 0 Å². The van der Waals surface area contributed by atoms with E-state index in [1.54, 1.807) is 41.7 Å². The number of nitrogens with zero attached hydrogens (tertiary/aromatic N) is 1. The molecule has 2 heterocycles. The highest BCUT2D eigenvalue weighted by molar-refractivity contribution is 7.18. The third-order valence-corrected chi connectivity index (χ3v) is 7.12. The van der Waals surface area contributed by atoms with Gasteiger partial charge >= 0.3 is 0 Å². The van der Waals surface area contributed by atoms with Crippen LogP contribution >= 0.6 is 22.9 Å². The van der Waals surface area contributed by atoms with Crippen LogP contribution in [-0.4, -0.2) is 17.1 Å². The van der Waals surface area contributed by atoms with E-state index < -0.39 is 0 Å². The van der Waals surface area contributed by atoms with Gasteiger partial charge in [0.05, 0.1) is 17.5 Å². The number of halogens is 2. The zero-order valence-corrected chi connectivity index (χ0v) is 18.9. The molecule has 0 aliphatic heterocycles. The Morgan fingerprint density at radius 3 is 2.84 bits per heavy atom. The molecule has 0 radical (unpaired) electrons. The second kappa shape index (κ2) is 8.56. The summed E-state index contributed by atoms with van der Waals surface area (Å²) in [4.78, 5) is 22.5. The standard InChI is InChI=1S/C24H20ClFN2O3S/c1-30-18-11-14(10-16(25)21(18)31-12-13-6-2-4-8-17(13)26)22-27-23(29)20-15-7-3-5-9-19(15)32-24(20)28-22/h2,4,6,8,10-11H,3,5,7,9,12H2,1H3,(H,27,28,29). The van der Waals surface area contributed by atoms with Crippen LogP contribution in [-0.2, 0) is 19.4 Å². The van der Waals surface area contributed by atoms with E-state index in [0.717, 1.165) is 36.1 Å². The topological polar surface area (TPSA) is 64.2 Å². The fourth-order valence-corrected chi connectivity index (χ4v) is 5.59. The lowest BCUT2D eigenvalue weighted by atomic mass is 9.97. The van der Waals surface area contributed by atoms with Crippen molar-refractivity contribution in [3.63, 3.8) is 0 Å². The van der Waals surface area contributed by atoms with Crippen molar-refractivity contribution in [3.8, 4) is 22.9 Å². The highest BCUT2D eigenvalue weighted by Crippen LogP contribution is 2.40. The number of thiophene rings is 1. The van der Waals surface area contributed by atoms with Crippen molar-refractivity contribution in [2.24, 2.45) is 0 Å². The molecular weight excluding hydrogens is 451 g/mol. The van der Waals surface area contributed by atoms with Gasteiger partial charge in [-0.15, -0.1) is 11.3 Å². The summed E-state index contributed by atoms with van der Waals surface area (Å²) in [5.74, 6) is 0.739. The van der Waals surface area contributed by atoms with Gasteiger partial charge in [0.1, 0.15) is 23.1 Å². The average Bonchev–Trinajstić information content (AvgIpc) is 3.17. The van der Waals surface area contributed by atoms with Crippen molar-refractivity contribution in [2.45, 2.75) is 32.3 Å². The molecule has 2 aromatic heterocycles. The van der Waals surface area contributed by atoms with Gasteiger partial charge in [-0.3, -0.25) is 4.79 Å². The van der Waals surface area contributed by atoms with E-state index in [1.165, 1.54) is 18.1 Å². The molecule has 32 heavy (non-hydrogen) atoms. The highest BCUT2D eigenvalue weighted by atomic mass is 35.5. The van der Waals surface area contributed by atoms with Crippen molar-refractivity contribution in [2.75, 3.05) is 7.11 Å². The second-order valence-corrected chi connectivity index (χ2v) is 9.17. The maximum absolute atomic E-state index is 13.9. The Morgan fingerprint density at radius 2 is 2.03 bits per heavy atom. The van der Waals surface area contributed by atoms with Crippen LogP contribution in [0.4, 0.5) is 4.39 Å². The number of ether oxygens (including phenoxy) is 2. The number of rotatable bonds is 5. The SMILES string of the molecule is COc1cc(-c2nc3sc4c(c3c(=O)[nH]2)CCCC4)cc(Cl)c1OCc1ccccc1F. The van der Waals surface area contributed by atoms with Gasteiger partial charge < -0.3 is 14.5 Å². The third kappa shape index (κ3) is 3.76. The molecule has 0 bridgehead atoms. The van der Waals surface area contributed by atoms with Gasteiger partial charge in [-0.25, -0.2) is 9.37 Å². The van der Waals surface area contributed by atoms with Crippen LogP contribution < -0.4 is 15.0 Å². The monoisotopic (exact) mass is 470 g/mol. The van der Waals surface area contributed by atoms with E-state index >= 15 is 0 Å². The molecule has 2 aromatic carbocycles. The Balaban J connectivity index is 1.52. The first-order valence-electron chi connectivity index (χ1n) is 10.3. The van der Waals surface area contributed by atoms with E-state index in [9.17, 15) is 9.18 Å². The predicted octanol–water partition coefficient (Wildman–Crippen LogP) is 5.91. The quantitative estimate of drug-likeness (QED) is 0.394. The average molecular weight is 471 g/mol. The number of aromatic nitrogens is 2. The van der Waals surface area contributed by atoms with E-state index in [1.807, 2.05) is 0 Å². The van der Waals surface area contributed by atoms with Gasteiger partial charge in [0.25, 0.3) is 5.56 Å². The van der Waals surface area contributed by atoms with Crippen LogP contribution in [0, 0.1) is 5.82 Å². The van der Waals surface area contributed by atoms with Crippen LogP contribution in [0.15, 0.2) is 41.2 Å². The van der Waals surface area contributed by atoms with E-state index in [4.69, 9.17) is 26.1 Å². The van der Waals surface area contributed by atoms with Gasteiger partial charge in [-0.1, -0.05) is 29.8 Å². The largest absolute Gasteiger partial charge is 0.493 e. The maximum Gasteiger partial charge on any atom is 0.260 e. The van der Waals surface area contributed by atoms with Crippen molar-refractivity contribution >= 4 is 33.2 Å². The van der Waals surface area contributed by atoms with Gasteiger partial charge in [0.15, 0.2) is 11.5 Å². The fourth-order valence-electron chi connectivity index (χ4n) is 4.06. The number of nitrogens with one attached hydrogen (secondary N) is 1. The summed E-state index contributed by atoms with van der Waals surface area (Å²) in [5.41, 5.74) is 2.02. The minimum atomic E-state index is -0.354. The van der Waals surface area contributed by atoms with Crippen LogP contribution in [0.25, 0.3) is 21.6 Å². The van der Waals surface area contributed by atoms with Gasteiger partial charge in [-0.05, 0) is 49.4 Å². The molecule has 0 saturated carbocycles. The van der Waals surface area contributed by atoms with Crippen LogP contribution in [0.2, 0.25) is 5.02 Å². The molecule has 5 rings (SSSR count). The molecule has 0 fully saturated rings. The zero-order valence-electron chi connectivity index (χ0n) is 17.3. The number of fused-ring (bicyclic) bond motifs is 3. The molecule has 164 valence electrons. The summed E-state index contributed by atoms with van der Waals surface area (Å²) in [6.07, 6.45) is 4.17. The smallest absolute Gasteiger partial charge is 0.260 e. The lowest BCUT2D eigenvalue weighted by Gasteiger charge is -2.14. The van der Waals surface area contributed by atoms with E-state index in [0.29, 0.717) is 33.8 Å². The van der Waals surface area contributed by atoms with E-state index in [-0.39, 0.29) is 23.0 Å². The highest BCUT2D eigenvalue weighted by Gasteiger charge is 2.21. The Labute approximate surface area is 192 Å². The summed E-state index contributed by atoms with van der Waals surface area (Å²) in [5, 5.41) is 0.986. The summed E-state index contributed by atoms with van der Waals surface area (Å²) >= 11 is 8.09. The molecule has 1 N–H and O–H groups in total. The number of H-pyrrole nitrogens is 1. The molecule has 0 spiro atoms. The summed E-state index contributed by atoms with van der Waals surface area (Å²) in [6.45, 7) is 0.00386. The third-order valence-electron chi connectivity index (χ3n) is 5.66. The Hall–Kier alpha value is -2.90. The number of aryl methyl sites for hydroxylation is 2. The van der Waals surface area contributed by atoms with Gasteiger partial charge in [0, 0.05) is 16.0 Å². The molecule has 1 aliphatic rings. The molecular formula is C24H20ClFN2O3S. The molecule has 1 aliphatic carbocycles. The minimum absolute atomic E-state index is 0.00386. The molecule has 0 amide bonds. The molecule has 4 aromatic rings. The first kappa shape index (κ1) is 21.0. The Morgan fingerprint density at radius 1 is 1.22 bits per heavy atom. The molecule has 0 atom stereocenters. The number of hydrogen-bond donors (Lipinski definition) is 1. The summed E-state index contributed by atoms with van der Waals surface area (Å²) in [6, 6.07) is 9.76. The number of benzene rings is 2. The maximum atomic E-state index is 13.9. The summed E-state index contributed by atoms with van der Waals surface area (Å²) in [7, 11) is 1.50. The Bertz CT molecular complexity index is 1380. The number of hydrogen-bond acceptors (Lipinski definition) is 5. The van der Waals surface area contributed by atoms with Crippen LogP contribution in [0.5, 0.6) is 11.5 Å². The first-order valence-corrected chi connectivity index (χ1v) is 11.5. The predicted molar refractivity (Wildman–Crippen MR) is 125 cm³/mol. The van der Waals surface area contributed by atoms with Crippen molar-refractivity contribution in [1.29, 1.82) is 0 Å². The van der Waals surface area contributed by atoms with Gasteiger partial charge in [-0.2, -0.15) is 0 Å². The lowest BCUT2D eigenvalue weighted by molar-refractivity contribution is 0.280.